The van der Waals surface area contributed by atoms with E-state index < -0.39 is 26.5 Å². The van der Waals surface area contributed by atoms with E-state index in [0.717, 1.165) is 83.5 Å². The molecule has 0 fully saturated rings. The second kappa shape index (κ2) is 78.2. The molecule has 0 aliphatic heterocycles. The highest BCUT2D eigenvalue weighted by atomic mass is 31.2. The normalized spacial score (nSPS) is 13.3. The largest absolute Gasteiger partial charge is 0.472 e. The van der Waals surface area contributed by atoms with Crippen molar-refractivity contribution in [1.29, 1.82) is 0 Å². The predicted molar refractivity (Wildman–Crippen MR) is 404 cm³/mol. The number of allylic oxidation sites excluding steroid dienone is 14. The van der Waals surface area contributed by atoms with E-state index in [4.69, 9.17) is 24.3 Å². The molecule has 0 aromatic heterocycles. The van der Waals surface area contributed by atoms with Crippen LogP contribution in [0.25, 0.3) is 0 Å². The zero-order chi connectivity index (χ0) is 67.2. The fourth-order valence-corrected chi connectivity index (χ4v) is 12.7. The Morgan fingerprint density at radius 1 is 0.333 bits per heavy atom. The number of hydrogen-bond acceptors (Lipinski definition) is 8. The Morgan fingerprint density at radius 2 is 0.591 bits per heavy atom. The van der Waals surface area contributed by atoms with E-state index in [2.05, 4.69) is 98.9 Å². The van der Waals surface area contributed by atoms with Crippen molar-refractivity contribution in [3.63, 3.8) is 0 Å². The molecule has 9 nitrogen and oxygen atoms in total. The molecule has 542 valence electrons. The number of ether oxygens (including phenoxy) is 2. The molecule has 0 radical (unpaired) electrons. The summed E-state index contributed by atoms with van der Waals surface area (Å²) in [5, 5.41) is 0. The van der Waals surface area contributed by atoms with E-state index in [1.807, 2.05) is 0 Å². The number of nitrogens with two attached hydrogens (primary N) is 1. The summed E-state index contributed by atoms with van der Waals surface area (Å²) in [4.78, 5) is 35.5. The minimum Gasteiger partial charge on any atom is -0.462 e. The first-order valence-corrected chi connectivity index (χ1v) is 41.6. The van der Waals surface area contributed by atoms with Crippen LogP contribution in [0.15, 0.2) is 85.1 Å². The van der Waals surface area contributed by atoms with Crippen molar-refractivity contribution in [1.82, 2.24) is 0 Å². The van der Waals surface area contributed by atoms with Gasteiger partial charge in [0.15, 0.2) is 6.10 Å². The van der Waals surface area contributed by atoms with Gasteiger partial charge in [-0.1, -0.05) is 401 Å². The van der Waals surface area contributed by atoms with Crippen molar-refractivity contribution in [3.05, 3.63) is 85.1 Å². The highest BCUT2D eigenvalue weighted by Gasteiger charge is 2.26. The smallest absolute Gasteiger partial charge is 0.462 e. The molecular weight excluding hydrogens is 1170 g/mol. The number of phosphoric acid groups is 1. The topological polar surface area (TPSA) is 134 Å². The first kappa shape index (κ1) is 90.2. The molecule has 0 saturated heterocycles. The van der Waals surface area contributed by atoms with Crippen LogP contribution in [0.1, 0.15) is 399 Å². The van der Waals surface area contributed by atoms with E-state index in [-0.39, 0.29) is 38.6 Å². The van der Waals surface area contributed by atoms with Gasteiger partial charge in [0.2, 0.25) is 0 Å². The Kier molecular flexibility index (Phi) is 75.8. The average molecular weight is 1320 g/mol. The van der Waals surface area contributed by atoms with Gasteiger partial charge in [0, 0.05) is 19.4 Å². The van der Waals surface area contributed by atoms with E-state index in [1.54, 1.807) is 0 Å². The fraction of sp³-hybridized carbons (Fsp3) is 0.807. The molecule has 0 rings (SSSR count). The number of rotatable bonds is 76. The van der Waals surface area contributed by atoms with Gasteiger partial charge in [-0.2, -0.15) is 0 Å². The van der Waals surface area contributed by atoms with Crippen LogP contribution in [-0.4, -0.2) is 49.3 Å². The van der Waals surface area contributed by atoms with Crippen molar-refractivity contribution >= 4 is 19.8 Å². The monoisotopic (exact) mass is 1320 g/mol. The summed E-state index contributed by atoms with van der Waals surface area (Å²) in [6, 6.07) is 0. The standard InChI is InChI=1S/C83H152NO8P/c1-3-5-7-9-11-13-15-17-19-21-23-25-27-29-31-33-35-37-39-40-42-43-45-47-49-51-53-55-57-59-61-63-65-67-69-71-73-75-82(85)89-79-81(80-91-93(87,88)90-78-77-84)92-83(86)76-74-72-70-68-66-64-62-60-58-56-54-52-50-48-46-44-41-38-36-34-32-30-28-26-24-22-20-18-16-14-12-10-8-6-4-2/h6,8,12,14,18,20,24,26,30,32,36,38,44,46,81H,3-5,7,9-11,13,15-17,19,21-23,25,27-29,31,33-35,37,39-43,45,47-80,84H2,1-2H3,(H,87,88)/b8-6-,14-12-,20-18-,26-24-,32-30-,38-36-,46-44-. The number of phosphoric ester groups is 1. The maximum absolute atomic E-state index is 12.8. The van der Waals surface area contributed by atoms with Crippen LogP contribution >= 0.6 is 7.82 Å². The highest BCUT2D eigenvalue weighted by Crippen LogP contribution is 2.43. The van der Waals surface area contributed by atoms with Gasteiger partial charge in [-0.3, -0.25) is 18.6 Å². The molecule has 0 bridgehead atoms. The van der Waals surface area contributed by atoms with Crippen LogP contribution in [0.5, 0.6) is 0 Å². The highest BCUT2D eigenvalue weighted by molar-refractivity contribution is 7.47. The van der Waals surface area contributed by atoms with Gasteiger partial charge >= 0.3 is 19.8 Å². The van der Waals surface area contributed by atoms with Gasteiger partial charge in [-0.15, -0.1) is 0 Å². The Morgan fingerprint density at radius 3 is 0.882 bits per heavy atom. The van der Waals surface area contributed by atoms with Gasteiger partial charge in [0.05, 0.1) is 13.2 Å². The van der Waals surface area contributed by atoms with E-state index >= 15 is 0 Å². The zero-order valence-electron chi connectivity index (χ0n) is 61.2. The van der Waals surface area contributed by atoms with Crippen LogP contribution in [0.3, 0.4) is 0 Å². The minimum atomic E-state index is -4.40. The molecule has 0 aromatic carbocycles. The first-order chi connectivity index (χ1) is 45.8. The third-order valence-electron chi connectivity index (χ3n) is 17.8. The Labute approximate surface area is 576 Å². The van der Waals surface area contributed by atoms with Crippen molar-refractivity contribution in [2.45, 2.75) is 405 Å². The van der Waals surface area contributed by atoms with Crippen LogP contribution in [0.4, 0.5) is 0 Å². The number of esters is 2. The average Bonchev–Trinajstić information content (AvgIpc) is 3.70. The molecule has 0 aliphatic rings. The summed E-state index contributed by atoms with van der Waals surface area (Å²) in [6.45, 7) is 3.69. The van der Waals surface area contributed by atoms with Crippen molar-refractivity contribution in [3.8, 4) is 0 Å². The molecule has 0 amide bonds. The second-order valence-corrected chi connectivity index (χ2v) is 28.4. The molecule has 2 atom stereocenters. The molecule has 93 heavy (non-hydrogen) atoms. The molecule has 10 heteroatoms. The van der Waals surface area contributed by atoms with Crippen LogP contribution in [0.2, 0.25) is 0 Å². The Bertz CT molecular complexity index is 1810. The lowest BCUT2D eigenvalue weighted by Gasteiger charge is -2.19. The second-order valence-electron chi connectivity index (χ2n) is 26.9. The van der Waals surface area contributed by atoms with Gasteiger partial charge < -0.3 is 20.1 Å². The molecule has 3 N–H and O–H groups in total. The fourth-order valence-electron chi connectivity index (χ4n) is 11.9. The van der Waals surface area contributed by atoms with Crippen LogP contribution in [0, 0.1) is 0 Å². The summed E-state index contributed by atoms with van der Waals surface area (Å²) in [5.41, 5.74) is 5.42. The SMILES string of the molecule is CC/C=C\C/C=C\C/C=C\C/C=C\C/C=C\C/C=C\C/C=C\CCCCCCCCCCCCCCCC(=O)OC(COC(=O)CCCCCCCCCCCCCCCCCCCCCCCCCCCCCCCCCCCCCCC)COP(=O)(O)OCCN. The van der Waals surface area contributed by atoms with Crippen molar-refractivity contribution in [2.24, 2.45) is 5.73 Å². The number of hydrogen-bond donors (Lipinski definition) is 2. The van der Waals surface area contributed by atoms with Crippen molar-refractivity contribution in [2.75, 3.05) is 26.4 Å². The summed E-state index contributed by atoms with van der Waals surface area (Å²) in [6.07, 6.45) is 106. The Balaban J connectivity index is 3.79. The zero-order valence-corrected chi connectivity index (χ0v) is 62.1. The lowest BCUT2D eigenvalue weighted by Crippen LogP contribution is -2.29. The minimum absolute atomic E-state index is 0.0525. The number of carbonyl (C=O) groups excluding carboxylic acids is 2. The molecule has 0 heterocycles. The number of unbranched alkanes of at least 4 members (excludes halogenated alkanes) is 49. The van der Waals surface area contributed by atoms with Gasteiger partial charge in [-0.25, -0.2) is 4.57 Å². The summed E-state index contributed by atoms with van der Waals surface area (Å²) < 4.78 is 33.3. The van der Waals surface area contributed by atoms with Gasteiger partial charge in [0.25, 0.3) is 0 Å². The maximum Gasteiger partial charge on any atom is 0.472 e. The molecule has 2 unspecified atom stereocenters. The lowest BCUT2D eigenvalue weighted by atomic mass is 10.0. The van der Waals surface area contributed by atoms with Crippen molar-refractivity contribution < 1.29 is 37.6 Å². The van der Waals surface area contributed by atoms with E-state index in [0.29, 0.717) is 6.42 Å². The third-order valence-corrected chi connectivity index (χ3v) is 18.8. The molecular formula is C83H152NO8P. The lowest BCUT2D eigenvalue weighted by molar-refractivity contribution is -0.161. The molecule has 0 aliphatic carbocycles. The number of carbonyl (C=O) groups is 2. The first-order valence-electron chi connectivity index (χ1n) is 40.1. The van der Waals surface area contributed by atoms with Crippen LogP contribution < -0.4 is 5.73 Å². The molecule has 0 saturated carbocycles. The van der Waals surface area contributed by atoms with Gasteiger partial charge in [-0.05, 0) is 70.6 Å². The Hall–Kier alpha value is -2.81. The quantitative estimate of drug-likeness (QED) is 0.0264. The molecule has 0 spiro atoms. The summed E-state index contributed by atoms with van der Waals surface area (Å²) >= 11 is 0. The summed E-state index contributed by atoms with van der Waals surface area (Å²) in [7, 11) is -4.40. The third kappa shape index (κ3) is 78.1. The van der Waals surface area contributed by atoms with Crippen LogP contribution in [-0.2, 0) is 32.7 Å². The van der Waals surface area contributed by atoms with E-state index in [9.17, 15) is 19.0 Å². The van der Waals surface area contributed by atoms with E-state index in [1.165, 1.54) is 283 Å². The predicted octanol–water partition coefficient (Wildman–Crippen LogP) is 26.9. The maximum atomic E-state index is 12.8. The molecule has 0 aromatic rings. The summed E-state index contributed by atoms with van der Waals surface area (Å²) in [5.74, 6) is -0.813. The van der Waals surface area contributed by atoms with Gasteiger partial charge in [0.1, 0.15) is 6.61 Å².